The summed E-state index contributed by atoms with van der Waals surface area (Å²) in [4.78, 5) is 25.2. The van der Waals surface area contributed by atoms with Crippen molar-refractivity contribution < 1.29 is 23.2 Å². The fourth-order valence-corrected chi connectivity index (χ4v) is 3.67. The van der Waals surface area contributed by atoms with Gasteiger partial charge in [-0.1, -0.05) is 12.1 Å². The molecule has 8 heteroatoms. The van der Waals surface area contributed by atoms with E-state index in [1.165, 1.54) is 7.11 Å². The number of nitrogens with zero attached hydrogens (tertiary/aromatic N) is 1. The number of carbonyl (C=O) groups is 2. The van der Waals surface area contributed by atoms with E-state index < -0.39 is 0 Å². The molecular formula is C23H23N3O5. The third-order valence-electron chi connectivity index (χ3n) is 5.18. The fraction of sp³-hybridized carbons (Fsp3) is 0.261. The average Bonchev–Trinajstić information content (AvgIpc) is 3.44. The summed E-state index contributed by atoms with van der Waals surface area (Å²) in [5, 5.41) is 7.15. The van der Waals surface area contributed by atoms with Crippen LogP contribution in [0.4, 0.5) is 0 Å². The van der Waals surface area contributed by atoms with Crippen molar-refractivity contribution in [3.8, 4) is 5.75 Å². The van der Waals surface area contributed by atoms with Crippen molar-refractivity contribution >= 4 is 17.5 Å². The molecule has 160 valence electrons. The van der Waals surface area contributed by atoms with Gasteiger partial charge in [0.05, 0.1) is 31.2 Å². The molecule has 4 rings (SSSR count). The molecule has 0 aliphatic heterocycles. The van der Waals surface area contributed by atoms with Crippen LogP contribution in [0.5, 0.6) is 5.75 Å². The van der Waals surface area contributed by atoms with Gasteiger partial charge in [0.2, 0.25) is 0 Å². The van der Waals surface area contributed by atoms with Gasteiger partial charge in [-0.05, 0) is 44.0 Å². The molecule has 31 heavy (non-hydrogen) atoms. The molecule has 0 atom stereocenters. The van der Waals surface area contributed by atoms with Gasteiger partial charge < -0.3 is 18.9 Å². The predicted octanol–water partition coefficient (Wildman–Crippen LogP) is 3.59. The molecule has 0 fully saturated rings. The first kappa shape index (κ1) is 20.5. The third-order valence-corrected chi connectivity index (χ3v) is 5.18. The molecule has 1 aliphatic carbocycles. The van der Waals surface area contributed by atoms with Gasteiger partial charge in [0.15, 0.2) is 5.76 Å². The second-order valence-electron chi connectivity index (χ2n) is 7.17. The largest absolute Gasteiger partial charge is 0.496 e. The number of benzene rings is 1. The van der Waals surface area contributed by atoms with Gasteiger partial charge in [-0.3, -0.25) is 9.59 Å². The predicted molar refractivity (Wildman–Crippen MR) is 113 cm³/mol. The number of methoxy groups -OCH3 is 1. The monoisotopic (exact) mass is 421 g/mol. The number of hydrazone groups is 1. The van der Waals surface area contributed by atoms with Gasteiger partial charge in [0, 0.05) is 17.5 Å². The molecule has 0 spiro atoms. The van der Waals surface area contributed by atoms with Crippen LogP contribution in [0.1, 0.15) is 56.4 Å². The first-order chi connectivity index (χ1) is 15.1. The molecule has 0 bridgehead atoms. The first-order valence-corrected chi connectivity index (χ1v) is 10.0. The lowest BCUT2D eigenvalue weighted by atomic mass is 9.93. The molecule has 2 N–H and O–H groups in total. The summed E-state index contributed by atoms with van der Waals surface area (Å²) in [5.41, 5.74) is 5.19. The van der Waals surface area contributed by atoms with Gasteiger partial charge in [0.1, 0.15) is 17.3 Å². The van der Waals surface area contributed by atoms with E-state index in [0.717, 1.165) is 12.0 Å². The number of rotatable bonds is 6. The highest BCUT2D eigenvalue weighted by atomic mass is 16.5. The maximum Gasteiger partial charge on any atom is 0.287 e. The maximum atomic E-state index is 12.6. The molecule has 8 nitrogen and oxygen atoms in total. The van der Waals surface area contributed by atoms with E-state index in [-0.39, 0.29) is 24.1 Å². The number of nitrogens with one attached hydrogen (secondary N) is 2. The quantitative estimate of drug-likeness (QED) is 0.592. The minimum absolute atomic E-state index is 0.252. The van der Waals surface area contributed by atoms with Crippen molar-refractivity contribution in [2.24, 2.45) is 5.10 Å². The third kappa shape index (κ3) is 4.23. The summed E-state index contributed by atoms with van der Waals surface area (Å²) in [6, 6.07) is 10.5. The Balaban J connectivity index is 1.53. The van der Waals surface area contributed by atoms with Crippen LogP contribution in [0.15, 0.2) is 56.6 Å². The van der Waals surface area contributed by atoms with Crippen molar-refractivity contribution in [1.82, 2.24) is 10.7 Å². The zero-order chi connectivity index (χ0) is 21.8. The van der Waals surface area contributed by atoms with Crippen molar-refractivity contribution in [2.45, 2.75) is 32.7 Å². The van der Waals surface area contributed by atoms with E-state index in [2.05, 4.69) is 15.8 Å². The zero-order valence-electron chi connectivity index (χ0n) is 17.4. The number of hydrogen-bond donors (Lipinski definition) is 2. The molecule has 1 aromatic carbocycles. The first-order valence-electron chi connectivity index (χ1n) is 10.0. The molecular weight excluding hydrogens is 398 g/mol. The van der Waals surface area contributed by atoms with Crippen LogP contribution < -0.4 is 15.5 Å². The minimum atomic E-state index is -0.366. The summed E-state index contributed by atoms with van der Waals surface area (Å²) in [6.45, 7) is 2.10. The standard InChI is InChI=1S/C23H23N3O5/c1-14-20-17(25-26-22(27)16-8-3-4-10-18(16)29-2)9-5-11-19(20)31-21(14)23(28)24-13-15-7-6-12-30-15/h3-4,6-8,10,12H,5,9,11,13H2,1-2H3,(H,24,28)(H,26,27)/b25-17+. The van der Waals surface area contributed by atoms with E-state index >= 15 is 0 Å². The van der Waals surface area contributed by atoms with E-state index in [1.54, 1.807) is 42.7 Å². The lowest BCUT2D eigenvalue weighted by Crippen LogP contribution is -2.23. The van der Waals surface area contributed by atoms with Crippen molar-refractivity contribution in [3.05, 3.63) is 76.6 Å². The summed E-state index contributed by atoms with van der Waals surface area (Å²) < 4.78 is 16.4. The van der Waals surface area contributed by atoms with E-state index in [9.17, 15) is 9.59 Å². The second kappa shape index (κ2) is 8.91. The number of aryl methyl sites for hydroxylation is 1. The molecule has 2 amide bonds. The molecule has 1 aliphatic rings. The molecule has 2 heterocycles. The Morgan fingerprint density at radius 2 is 1.97 bits per heavy atom. The highest BCUT2D eigenvalue weighted by Crippen LogP contribution is 2.30. The zero-order valence-corrected chi connectivity index (χ0v) is 17.4. The Morgan fingerprint density at radius 1 is 1.13 bits per heavy atom. The Bertz CT molecular complexity index is 1130. The van der Waals surface area contributed by atoms with Gasteiger partial charge >= 0.3 is 0 Å². The lowest BCUT2D eigenvalue weighted by molar-refractivity contribution is 0.0916. The number of fused-ring (bicyclic) bond motifs is 1. The van der Waals surface area contributed by atoms with Crippen molar-refractivity contribution in [3.63, 3.8) is 0 Å². The molecule has 2 aromatic heterocycles. The van der Waals surface area contributed by atoms with Crippen LogP contribution in [0, 0.1) is 6.92 Å². The number of furan rings is 2. The molecule has 0 saturated heterocycles. The van der Waals surface area contributed by atoms with Crippen LogP contribution in [-0.4, -0.2) is 24.6 Å². The highest BCUT2D eigenvalue weighted by molar-refractivity contribution is 6.07. The summed E-state index contributed by atoms with van der Waals surface area (Å²) in [7, 11) is 1.51. The van der Waals surface area contributed by atoms with Crippen LogP contribution in [0.25, 0.3) is 0 Å². The maximum absolute atomic E-state index is 12.6. The van der Waals surface area contributed by atoms with Gasteiger partial charge in [-0.2, -0.15) is 5.10 Å². The summed E-state index contributed by atoms with van der Waals surface area (Å²) in [5.74, 6) is 1.40. The smallest absolute Gasteiger partial charge is 0.287 e. The topological polar surface area (TPSA) is 106 Å². The minimum Gasteiger partial charge on any atom is -0.496 e. The average molecular weight is 421 g/mol. The molecule has 3 aromatic rings. The van der Waals surface area contributed by atoms with E-state index in [4.69, 9.17) is 13.6 Å². The number of ether oxygens (including phenoxy) is 1. The lowest BCUT2D eigenvalue weighted by Gasteiger charge is -2.14. The molecule has 0 unspecified atom stereocenters. The summed E-state index contributed by atoms with van der Waals surface area (Å²) in [6.07, 6.45) is 3.76. The number of amides is 2. The Morgan fingerprint density at radius 3 is 2.74 bits per heavy atom. The van der Waals surface area contributed by atoms with E-state index in [1.807, 2.05) is 6.92 Å². The van der Waals surface area contributed by atoms with Crippen molar-refractivity contribution in [1.29, 1.82) is 0 Å². The molecule has 0 saturated carbocycles. The second-order valence-corrected chi connectivity index (χ2v) is 7.17. The number of carbonyl (C=O) groups excluding carboxylic acids is 2. The van der Waals surface area contributed by atoms with Gasteiger partial charge in [0.25, 0.3) is 11.8 Å². The Hall–Kier alpha value is -3.81. The highest BCUT2D eigenvalue weighted by Gasteiger charge is 2.28. The number of hydrogen-bond acceptors (Lipinski definition) is 6. The van der Waals surface area contributed by atoms with E-state index in [0.29, 0.717) is 47.0 Å². The Labute approximate surface area is 179 Å². The summed E-state index contributed by atoms with van der Waals surface area (Å²) >= 11 is 0. The number of para-hydroxylation sites is 1. The molecule has 0 radical (unpaired) electrons. The van der Waals surface area contributed by atoms with Gasteiger partial charge in [-0.15, -0.1) is 0 Å². The SMILES string of the molecule is COc1ccccc1C(=O)N/N=C1\CCCc2oc(C(=O)NCc3ccco3)c(C)c21. The Kier molecular flexibility index (Phi) is 5.88. The normalized spacial score (nSPS) is 14.2. The van der Waals surface area contributed by atoms with Crippen LogP contribution in [0.2, 0.25) is 0 Å². The fourth-order valence-electron chi connectivity index (χ4n) is 3.67. The van der Waals surface area contributed by atoms with Gasteiger partial charge in [-0.25, -0.2) is 5.43 Å². The van der Waals surface area contributed by atoms with Crippen molar-refractivity contribution in [2.75, 3.05) is 7.11 Å². The van der Waals surface area contributed by atoms with Crippen LogP contribution >= 0.6 is 0 Å². The van der Waals surface area contributed by atoms with Crippen LogP contribution in [0.3, 0.4) is 0 Å². The van der Waals surface area contributed by atoms with Crippen LogP contribution in [-0.2, 0) is 13.0 Å².